The molecule has 0 bridgehead atoms. The number of hydrogen-bond donors (Lipinski definition) is 0. The Labute approximate surface area is 102 Å². The second-order valence-electron chi connectivity index (χ2n) is 5.50. The van der Waals surface area contributed by atoms with Crippen molar-refractivity contribution in [3.8, 4) is 5.75 Å². The van der Waals surface area contributed by atoms with Crippen LogP contribution in [0.4, 0.5) is 4.39 Å². The van der Waals surface area contributed by atoms with Gasteiger partial charge in [-0.1, -0.05) is 26.8 Å². The Morgan fingerprint density at radius 1 is 1.35 bits per heavy atom. The fourth-order valence-corrected chi connectivity index (χ4v) is 1.85. The minimum Gasteiger partial charge on any atom is -0.485 e. The second-order valence-corrected chi connectivity index (χ2v) is 5.50. The Bertz CT molecular complexity index is 390. The maximum Gasteiger partial charge on any atom is 0.165 e. The molecule has 1 atom stereocenters. The van der Waals surface area contributed by atoms with E-state index in [2.05, 4.69) is 20.8 Å². The Hall–Kier alpha value is -1.09. The SMILES string of the molecule is CC(C)(C)c1ccc(O[C@@H]2CCOC2)c(F)c1. The molecule has 0 aliphatic carbocycles. The van der Waals surface area contributed by atoms with E-state index in [1.165, 1.54) is 0 Å². The van der Waals surface area contributed by atoms with Crippen molar-refractivity contribution < 1.29 is 13.9 Å². The number of ether oxygens (including phenoxy) is 2. The van der Waals surface area contributed by atoms with Crippen molar-refractivity contribution >= 4 is 0 Å². The molecule has 0 amide bonds. The molecule has 1 saturated heterocycles. The van der Waals surface area contributed by atoms with Gasteiger partial charge in [0.2, 0.25) is 0 Å². The highest BCUT2D eigenvalue weighted by molar-refractivity contribution is 5.33. The van der Waals surface area contributed by atoms with Crippen molar-refractivity contribution in [2.75, 3.05) is 13.2 Å². The lowest BCUT2D eigenvalue weighted by Gasteiger charge is -2.20. The molecule has 0 aromatic heterocycles. The number of halogens is 1. The van der Waals surface area contributed by atoms with Crippen molar-refractivity contribution in [2.24, 2.45) is 0 Å². The fourth-order valence-electron chi connectivity index (χ4n) is 1.85. The Morgan fingerprint density at radius 3 is 2.65 bits per heavy atom. The quantitative estimate of drug-likeness (QED) is 0.787. The molecule has 1 aromatic rings. The van der Waals surface area contributed by atoms with E-state index >= 15 is 0 Å². The predicted molar refractivity (Wildman–Crippen MR) is 65.0 cm³/mol. The zero-order valence-corrected chi connectivity index (χ0v) is 10.6. The van der Waals surface area contributed by atoms with Crippen LogP contribution in [0.5, 0.6) is 5.75 Å². The van der Waals surface area contributed by atoms with Gasteiger partial charge in [0.25, 0.3) is 0 Å². The molecule has 1 heterocycles. The maximum atomic E-state index is 13.9. The van der Waals surface area contributed by atoms with Gasteiger partial charge >= 0.3 is 0 Å². The van der Waals surface area contributed by atoms with Gasteiger partial charge in [0, 0.05) is 6.42 Å². The Balaban J connectivity index is 2.14. The summed E-state index contributed by atoms with van der Waals surface area (Å²) < 4.78 is 24.6. The molecular weight excluding hydrogens is 219 g/mol. The highest BCUT2D eigenvalue weighted by Crippen LogP contribution is 2.28. The first kappa shape index (κ1) is 12.4. The highest BCUT2D eigenvalue weighted by atomic mass is 19.1. The second kappa shape index (κ2) is 4.65. The van der Waals surface area contributed by atoms with E-state index in [1.807, 2.05) is 6.07 Å². The minimum atomic E-state index is -0.288. The van der Waals surface area contributed by atoms with Crippen LogP contribution in [0.2, 0.25) is 0 Å². The first-order valence-electron chi connectivity index (χ1n) is 6.01. The van der Waals surface area contributed by atoms with Crippen LogP contribution in [0.25, 0.3) is 0 Å². The van der Waals surface area contributed by atoms with Crippen LogP contribution in [0, 0.1) is 5.82 Å². The van der Waals surface area contributed by atoms with Crippen LogP contribution >= 0.6 is 0 Å². The predicted octanol–water partition coefficient (Wildman–Crippen LogP) is 3.29. The molecule has 0 saturated carbocycles. The highest BCUT2D eigenvalue weighted by Gasteiger charge is 2.20. The molecule has 0 N–H and O–H groups in total. The van der Waals surface area contributed by atoms with Gasteiger partial charge in [-0.3, -0.25) is 0 Å². The van der Waals surface area contributed by atoms with Crippen molar-refractivity contribution in [1.82, 2.24) is 0 Å². The zero-order chi connectivity index (χ0) is 12.5. The van der Waals surface area contributed by atoms with Crippen LogP contribution in [0.1, 0.15) is 32.8 Å². The first-order valence-corrected chi connectivity index (χ1v) is 6.01. The summed E-state index contributed by atoms with van der Waals surface area (Å²) in [6.07, 6.45) is 0.825. The van der Waals surface area contributed by atoms with Gasteiger partial charge in [0.05, 0.1) is 13.2 Å². The minimum absolute atomic E-state index is 0.00927. The van der Waals surface area contributed by atoms with Crippen molar-refractivity contribution in [2.45, 2.75) is 38.7 Å². The summed E-state index contributed by atoms with van der Waals surface area (Å²) >= 11 is 0. The smallest absolute Gasteiger partial charge is 0.165 e. The Morgan fingerprint density at radius 2 is 2.12 bits per heavy atom. The molecule has 2 nitrogen and oxygen atoms in total. The lowest BCUT2D eigenvalue weighted by atomic mass is 9.87. The number of benzene rings is 1. The molecule has 1 fully saturated rings. The van der Waals surface area contributed by atoms with E-state index in [1.54, 1.807) is 12.1 Å². The average Bonchev–Trinajstić information content (AvgIpc) is 2.72. The van der Waals surface area contributed by atoms with Gasteiger partial charge in [-0.2, -0.15) is 0 Å². The fraction of sp³-hybridized carbons (Fsp3) is 0.571. The average molecular weight is 238 g/mol. The van der Waals surface area contributed by atoms with E-state index in [9.17, 15) is 4.39 Å². The molecule has 1 aliphatic heterocycles. The van der Waals surface area contributed by atoms with E-state index in [-0.39, 0.29) is 17.3 Å². The summed E-state index contributed by atoms with van der Waals surface area (Å²) in [6.45, 7) is 7.44. The van der Waals surface area contributed by atoms with Gasteiger partial charge in [-0.15, -0.1) is 0 Å². The third-order valence-corrected chi connectivity index (χ3v) is 2.98. The van der Waals surface area contributed by atoms with Crippen molar-refractivity contribution in [1.29, 1.82) is 0 Å². The molecule has 3 heteroatoms. The number of rotatable bonds is 2. The monoisotopic (exact) mass is 238 g/mol. The molecule has 1 aromatic carbocycles. The largest absolute Gasteiger partial charge is 0.485 e. The van der Waals surface area contributed by atoms with Crippen LogP contribution in [0.3, 0.4) is 0 Å². The molecule has 0 unspecified atom stereocenters. The van der Waals surface area contributed by atoms with Crippen LogP contribution < -0.4 is 4.74 Å². The first-order chi connectivity index (χ1) is 7.97. The maximum absolute atomic E-state index is 13.9. The van der Waals surface area contributed by atoms with Crippen LogP contribution in [0.15, 0.2) is 18.2 Å². The van der Waals surface area contributed by atoms with Crippen molar-refractivity contribution in [3.63, 3.8) is 0 Å². The molecule has 1 aliphatic rings. The summed E-state index contributed by atoms with van der Waals surface area (Å²) in [4.78, 5) is 0. The summed E-state index contributed by atoms with van der Waals surface area (Å²) in [5, 5.41) is 0. The van der Waals surface area contributed by atoms with Gasteiger partial charge in [-0.25, -0.2) is 4.39 Å². The summed E-state index contributed by atoms with van der Waals surface area (Å²) in [7, 11) is 0. The summed E-state index contributed by atoms with van der Waals surface area (Å²) in [5.41, 5.74) is 0.931. The third-order valence-electron chi connectivity index (χ3n) is 2.98. The van der Waals surface area contributed by atoms with E-state index < -0.39 is 0 Å². The van der Waals surface area contributed by atoms with Gasteiger partial charge in [-0.05, 0) is 23.1 Å². The summed E-state index contributed by atoms with van der Waals surface area (Å²) in [5.74, 6) is 0.0397. The molecule has 0 radical (unpaired) electrons. The lowest BCUT2D eigenvalue weighted by molar-refractivity contribution is 0.138. The normalized spacial score (nSPS) is 20.6. The van der Waals surface area contributed by atoms with E-state index in [4.69, 9.17) is 9.47 Å². The molecule has 17 heavy (non-hydrogen) atoms. The van der Waals surface area contributed by atoms with Crippen molar-refractivity contribution in [3.05, 3.63) is 29.6 Å². The lowest BCUT2D eigenvalue weighted by Crippen LogP contribution is -2.17. The zero-order valence-electron chi connectivity index (χ0n) is 10.6. The van der Waals surface area contributed by atoms with Gasteiger partial charge in [0.1, 0.15) is 6.10 Å². The van der Waals surface area contributed by atoms with Gasteiger partial charge in [0.15, 0.2) is 11.6 Å². The van der Waals surface area contributed by atoms with Gasteiger partial charge < -0.3 is 9.47 Å². The molecule has 2 rings (SSSR count). The van der Waals surface area contributed by atoms with E-state index in [0.29, 0.717) is 19.0 Å². The summed E-state index contributed by atoms with van der Waals surface area (Å²) in [6, 6.07) is 5.20. The van der Waals surface area contributed by atoms with Crippen LogP contribution in [-0.4, -0.2) is 19.3 Å². The molecule has 94 valence electrons. The standard InChI is InChI=1S/C14H19FO2/c1-14(2,3)10-4-5-13(12(15)8-10)17-11-6-7-16-9-11/h4-5,8,11H,6-7,9H2,1-3H3/t11-/m1/s1. The third kappa shape index (κ3) is 2.97. The Kier molecular flexibility index (Phi) is 3.38. The van der Waals surface area contributed by atoms with Crippen LogP contribution in [-0.2, 0) is 10.2 Å². The topological polar surface area (TPSA) is 18.5 Å². The molecule has 0 spiro atoms. The number of hydrogen-bond acceptors (Lipinski definition) is 2. The molecular formula is C14H19FO2. The van der Waals surface area contributed by atoms with E-state index in [0.717, 1.165) is 12.0 Å².